The van der Waals surface area contributed by atoms with Crippen molar-refractivity contribution < 1.29 is 20.1 Å². The van der Waals surface area contributed by atoms with Gasteiger partial charge in [0.25, 0.3) is 0 Å². The molecule has 12 aromatic rings. The molecule has 4 aromatic heterocycles. The summed E-state index contributed by atoms with van der Waals surface area (Å²) in [4.78, 5) is 20.0. The van der Waals surface area contributed by atoms with E-state index in [0.29, 0.717) is 17.6 Å². The molecular weight excluding hydrogens is 949 g/mol. The second-order valence-corrected chi connectivity index (χ2v) is 15.4. The van der Waals surface area contributed by atoms with Crippen LogP contribution in [0.15, 0.2) is 212 Å². The van der Waals surface area contributed by atoms with E-state index in [1.165, 1.54) is 10.8 Å². The molecule has 4 heterocycles. The molecule has 0 aliphatic carbocycles. The van der Waals surface area contributed by atoms with Crippen molar-refractivity contribution in [1.82, 2.24) is 29.1 Å². The number of fused-ring (bicyclic) bond motifs is 6. The number of rotatable bonds is 7. The van der Waals surface area contributed by atoms with Crippen molar-refractivity contribution in [2.75, 3.05) is 0 Å². The van der Waals surface area contributed by atoms with Gasteiger partial charge in [-0.15, -0.1) is 35.4 Å². The van der Waals surface area contributed by atoms with Gasteiger partial charge in [0.15, 0.2) is 11.6 Å². The minimum atomic E-state index is 0. The van der Waals surface area contributed by atoms with Crippen LogP contribution >= 0.6 is 0 Å². The number of para-hydroxylation sites is 2. The predicted octanol–water partition coefficient (Wildman–Crippen LogP) is 13.6. The molecular formula is C56H35IrN6-. The number of nitrogens with zero attached hydrogens (tertiary/aromatic N) is 6. The zero-order valence-corrected chi connectivity index (χ0v) is 36.1. The van der Waals surface area contributed by atoms with Crippen LogP contribution in [0.25, 0.3) is 112 Å². The quantitative estimate of drug-likeness (QED) is 0.149. The van der Waals surface area contributed by atoms with Gasteiger partial charge in [0.05, 0.1) is 22.1 Å². The zero-order chi connectivity index (χ0) is 41.0. The van der Waals surface area contributed by atoms with Crippen molar-refractivity contribution in [1.29, 1.82) is 0 Å². The van der Waals surface area contributed by atoms with Gasteiger partial charge in [-0.1, -0.05) is 133 Å². The summed E-state index contributed by atoms with van der Waals surface area (Å²) in [5.74, 6) is 1.81. The third-order valence-corrected chi connectivity index (χ3v) is 11.7. The fourth-order valence-electron chi connectivity index (χ4n) is 8.82. The maximum absolute atomic E-state index is 5.20. The fourth-order valence-corrected chi connectivity index (χ4v) is 8.82. The molecule has 0 aliphatic heterocycles. The summed E-state index contributed by atoms with van der Waals surface area (Å²) in [7, 11) is 0. The minimum Gasteiger partial charge on any atom is -0.309 e. The summed E-state index contributed by atoms with van der Waals surface area (Å²) in [6.07, 6.45) is 1.82. The molecule has 0 saturated heterocycles. The first kappa shape index (κ1) is 38.1. The van der Waals surface area contributed by atoms with Crippen molar-refractivity contribution >= 4 is 43.6 Å². The van der Waals surface area contributed by atoms with E-state index >= 15 is 0 Å². The summed E-state index contributed by atoms with van der Waals surface area (Å²) < 4.78 is 4.58. The predicted molar refractivity (Wildman–Crippen MR) is 252 cm³/mol. The molecule has 299 valence electrons. The van der Waals surface area contributed by atoms with E-state index < -0.39 is 0 Å². The first-order valence-corrected chi connectivity index (χ1v) is 20.7. The van der Waals surface area contributed by atoms with E-state index in [1.807, 2.05) is 91.1 Å². The molecule has 0 aliphatic rings. The number of aromatic nitrogens is 6. The van der Waals surface area contributed by atoms with Crippen LogP contribution in [0.2, 0.25) is 0 Å². The fraction of sp³-hybridized carbons (Fsp3) is 0. The Morgan fingerprint density at radius 2 is 0.937 bits per heavy atom. The van der Waals surface area contributed by atoms with Crippen molar-refractivity contribution in [3.63, 3.8) is 0 Å². The molecule has 0 spiro atoms. The normalized spacial score (nSPS) is 11.4. The molecule has 0 unspecified atom stereocenters. The third-order valence-electron chi connectivity index (χ3n) is 11.7. The Balaban J connectivity index is 0.00000444. The van der Waals surface area contributed by atoms with Crippen LogP contribution in [0.4, 0.5) is 0 Å². The Hall–Kier alpha value is -7.83. The van der Waals surface area contributed by atoms with Crippen LogP contribution in [-0.2, 0) is 20.1 Å². The van der Waals surface area contributed by atoms with Crippen LogP contribution in [-0.4, -0.2) is 29.1 Å². The maximum Gasteiger partial charge on any atom is 0.238 e. The van der Waals surface area contributed by atoms with E-state index in [0.717, 1.165) is 83.2 Å². The zero-order valence-electron chi connectivity index (χ0n) is 33.7. The largest absolute Gasteiger partial charge is 0.309 e. The van der Waals surface area contributed by atoms with Crippen molar-refractivity contribution in [2.45, 2.75) is 0 Å². The summed E-state index contributed by atoms with van der Waals surface area (Å²) in [5, 5.41) is 4.60. The Morgan fingerprint density at radius 3 is 1.65 bits per heavy atom. The van der Waals surface area contributed by atoms with Crippen LogP contribution in [0.1, 0.15) is 0 Å². The molecule has 8 aromatic carbocycles. The monoisotopic (exact) mass is 984 g/mol. The van der Waals surface area contributed by atoms with E-state index in [9.17, 15) is 0 Å². The van der Waals surface area contributed by atoms with Gasteiger partial charge < -0.3 is 9.55 Å². The summed E-state index contributed by atoms with van der Waals surface area (Å²) in [5.41, 5.74) is 13.6. The van der Waals surface area contributed by atoms with Crippen molar-refractivity contribution in [2.24, 2.45) is 0 Å². The van der Waals surface area contributed by atoms with E-state index in [2.05, 4.69) is 142 Å². The molecule has 6 nitrogen and oxygen atoms in total. The molecule has 0 amide bonds. The van der Waals surface area contributed by atoms with Gasteiger partial charge in [-0.3, -0.25) is 4.57 Å². The third kappa shape index (κ3) is 6.72. The number of hydrogen-bond donors (Lipinski definition) is 0. The van der Waals surface area contributed by atoms with E-state index in [1.54, 1.807) is 0 Å². The molecule has 1 radical (unpaired) electrons. The van der Waals surface area contributed by atoms with Crippen molar-refractivity contribution in [3.8, 4) is 67.9 Å². The van der Waals surface area contributed by atoms with Gasteiger partial charge >= 0.3 is 0 Å². The van der Waals surface area contributed by atoms with Crippen LogP contribution in [0.5, 0.6) is 0 Å². The van der Waals surface area contributed by atoms with Gasteiger partial charge in [-0.25, -0.2) is 4.98 Å². The SMILES string of the molecule is [Ir].[c-]1ccc(-c2cccc(-c3ccc4c(c3)c3cc5c6ccccc6n(-c6nc(-c7ccccc7)nc(-c7ccccc7)n6)c5cc3n4-c3ccccc3)c2)cc1-c1ccccn1. The van der Waals surface area contributed by atoms with Crippen LogP contribution < -0.4 is 0 Å². The molecule has 0 saturated carbocycles. The molecule has 0 N–H and O–H groups in total. The topological polar surface area (TPSA) is 61.4 Å². The number of pyridine rings is 1. The second kappa shape index (κ2) is 15.9. The van der Waals surface area contributed by atoms with Crippen LogP contribution in [0.3, 0.4) is 0 Å². The minimum absolute atomic E-state index is 0. The summed E-state index contributed by atoms with van der Waals surface area (Å²) in [6, 6.07) is 75.4. The molecule has 0 atom stereocenters. The molecule has 12 rings (SSSR count). The van der Waals surface area contributed by atoms with Gasteiger partial charge in [0.1, 0.15) is 0 Å². The molecule has 7 heteroatoms. The Morgan fingerprint density at radius 1 is 0.365 bits per heavy atom. The molecule has 63 heavy (non-hydrogen) atoms. The first-order chi connectivity index (χ1) is 30.7. The Kier molecular flexibility index (Phi) is 9.61. The Labute approximate surface area is 377 Å². The average molecular weight is 984 g/mol. The van der Waals surface area contributed by atoms with Gasteiger partial charge in [-0.05, 0) is 77.0 Å². The van der Waals surface area contributed by atoms with E-state index in [4.69, 9.17) is 15.0 Å². The molecule has 0 fully saturated rings. The van der Waals surface area contributed by atoms with Gasteiger partial charge in [0, 0.05) is 64.7 Å². The second-order valence-electron chi connectivity index (χ2n) is 15.4. The van der Waals surface area contributed by atoms with Gasteiger partial charge in [-0.2, -0.15) is 9.97 Å². The number of hydrogen-bond acceptors (Lipinski definition) is 4. The van der Waals surface area contributed by atoms with E-state index in [-0.39, 0.29) is 20.1 Å². The maximum atomic E-state index is 5.20. The Bertz CT molecular complexity index is 3560. The first-order valence-electron chi connectivity index (χ1n) is 20.7. The van der Waals surface area contributed by atoms with Crippen molar-refractivity contribution in [3.05, 3.63) is 219 Å². The standard InChI is InChI=1S/C56H35N6.Ir/c1-4-16-37(17-5-1)54-58-55(38-18-6-2-7-19-38)60-56(59-54)62-50-28-11-10-26-45(50)47-35-48-46-34-42(29-30-51(46)61(52(48)36-53(47)62)44-24-8-3-9-25-44)40-21-14-20-39(32-40)41-22-15-23-43(33-41)49-27-12-13-31-57-49;/h1-22,24-36H;/q-1;. The summed E-state index contributed by atoms with van der Waals surface area (Å²) in [6.45, 7) is 0. The summed E-state index contributed by atoms with van der Waals surface area (Å²) >= 11 is 0. The van der Waals surface area contributed by atoms with Gasteiger partial charge in [0.2, 0.25) is 5.95 Å². The number of benzene rings is 8. The van der Waals surface area contributed by atoms with Crippen LogP contribution in [0, 0.1) is 6.07 Å². The average Bonchev–Trinajstić information content (AvgIpc) is 3.85. The smallest absolute Gasteiger partial charge is 0.238 e. The molecule has 0 bridgehead atoms.